The number of hydrogen-bond acceptors (Lipinski definition) is 5. The summed E-state index contributed by atoms with van der Waals surface area (Å²) in [5.74, 6) is 2.38. The minimum Gasteiger partial charge on any atom is -0.337 e. The molecule has 0 bridgehead atoms. The van der Waals surface area contributed by atoms with Gasteiger partial charge < -0.3 is 4.90 Å². The maximum absolute atomic E-state index is 12.9. The van der Waals surface area contributed by atoms with Crippen LogP contribution >= 0.6 is 0 Å². The minimum atomic E-state index is 0.000429. The molecule has 3 aromatic rings. The molecule has 4 heterocycles. The van der Waals surface area contributed by atoms with Gasteiger partial charge in [-0.2, -0.15) is 10.2 Å². The Hall–Kier alpha value is -3.00. The quantitative estimate of drug-likeness (QED) is 0.687. The largest absolute Gasteiger partial charge is 0.337 e. The number of carbonyl (C=O) groups excluding carboxylic acids is 1. The molecule has 0 radical (unpaired) electrons. The van der Waals surface area contributed by atoms with Crippen molar-refractivity contribution in [1.29, 1.82) is 0 Å². The van der Waals surface area contributed by atoms with E-state index in [0.29, 0.717) is 5.56 Å². The van der Waals surface area contributed by atoms with Crippen LogP contribution in [0.5, 0.6) is 0 Å². The molecule has 31 heavy (non-hydrogen) atoms. The Morgan fingerprint density at radius 1 is 1.23 bits per heavy atom. The molecule has 0 saturated carbocycles. The number of aromatic nitrogens is 5. The van der Waals surface area contributed by atoms with Gasteiger partial charge in [-0.3, -0.25) is 19.5 Å². The molecule has 8 nitrogen and oxygen atoms in total. The smallest absolute Gasteiger partial charge is 0.257 e. The van der Waals surface area contributed by atoms with Gasteiger partial charge in [0.1, 0.15) is 5.82 Å². The number of aryl methyl sites for hydroxylation is 1. The lowest BCUT2D eigenvalue weighted by Gasteiger charge is -2.50. The first-order chi connectivity index (χ1) is 14.9. The number of likely N-dealkylation sites (tertiary alicyclic amines) is 2. The molecule has 2 aliphatic rings. The first-order valence-corrected chi connectivity index (χ1v) is 10.9. The number of carbonyl (C=O) groups is 1. The molecule has 2 fully saturated rings. The molecule has 1 unspecified atom stereocenters. The van der Waals surface area contributed by atoms with Crippen molar-refractivity contribution in [3.8, 4) is 0 Å². The monoisotopic (exact) mass is 419 g/mol. The van der Waals surface area contributed by atoms with Crippen LogP contribution in [0.4, 0.5) is 0 Å². The Kier molecular flexibility index (Phi) is 4.89. The average Bonchev–Trinajstić information content (AvgIpc) is 3.45. The third kappa shape index (κ3) is 3.65. The molecular weight excluding hydrogens is 390 g/mol. The molecule has 1 spiro atoms. The van der Waals surface area contributed by atoms with E-state index in [4.69, 9.17) is 4.98 Å². The normalized spacial score (nSPS) is 20.5. The van der Waals surface area contributed by atoms with Crippen molar-refractivity contribution in [1.82, 2.24) is 34.8 Å². The standard InChI is InChI=1S/C23H29N7O/c1-16(2)20-25-21(27-26-20)19-12-29(10-17-7-5-4-6-8-17)13-23(19)14-30(15-23)22(31)18-9-24-28(3)11-18/h4-9,11,16,19H,10,12-15H2,1-3H3,(H,25,26,27). The molecule has 0 aliphatic carbocycles. The van der Waals surface area contributed by atoms with Crippen molar-refractivity contribution < 1.29 is 4.79 Å². The zero-order chi connectivity index (χ0) is 21.6. The van der Waals surface area contributed by atoms with E-state index in [1.165, 1.54) is 5.56 Å². The summed E-state index contributed by atoms with van der Waals surface area (Å²) in [6.45, 7) is 8.44. The Labute approximate surface area is 182 Å². The Balaban J connectivity index is 1.37. The van der Waals surface area contributed by atoms with Crippen LogP contribution in [0.25, 0.3) is 0 Å². The van der Waals surface area contributed by atoms with Crippen molar-refractivity contribution >= 4 is 5.91 Å². The molecule has 2 aromatic heterocycles. The van der Waals surface area contributed by atoms with E-state index < -0.39 is 0 Å². The van der Waals surface area contributed by atoms with Crippen molar-refractivity contribution in [2.75, 3.05) is 26.2 Å². The predicted octanol–water partition coefficient (Wildman–Crippen LogP) is 2.40. The summed E-state index contributed by atoms with van der Waals surface area (Å²) < 4.78 is 1.67. The fourth-order valence-electron chi connectivity index (χ4n) is 5.00. The summed E-state index contributed by atoms with van der Waals surface area (Å²) in [6, 6.07) is 10.6. The number of nitrogens with one attached hydrogen (secondary N) is 1. The highest BCUT2D eigenvalue weighted by Crippen LogP contribution is 2.49. The third-order valence-corrected chi connectivity index (χ3v) is 6.58. The van der Waals surface area contributed by atoms with Crippen LogP contribution in [-0.2, 0) is 13.6 Å². The lowest BCUT2D eigenvalue weighted by molar-refractivity contribution is 0.00179. The molecule has 162 valence electrons. The molecular formula is C23H29N7O. The second-order valence-electron chi connectivity index (χ2n) is 9.37. The topological polar surface area (TPSA) is 82.9 Å². The Morgan fingerprint density at radius 2 is 2.00 bits per heavy atom. The van der Waals surface area contributed by atoms with E-state index in [2.05, 4.69) is 58.3 Å². The van der Waals surface area contributed by atoms with Gasteiger partial charge >= 0.3 is 0 Å². The summed E-state index contributed by atoms with van der Waals surface area (Å²) in [7, 11) is 1.83. The van der Waals surface area contributed by atoms with Gasteiger partial charge in [0.2, 0.25) is 0 Å². The Bertz CT molecular complexity index is 1060. The van der Waals surface area contributed by atoms with Crippen LogP contribution in [-0.4, -0.2) is 66.8 Å². The van der Waals surface area contributed by atoms with Gasteiger partial charge in [-0.1, -0.05) is 44.2 Å². The van der Waals surface area contributed by atoms with Crippen LogP contribution in [0, 0.1) is 5.41 Å². The Morgan fingerprint density at radius 3 is 2.65 bits per heavy atom. The first kappa shape index (κ1) is 19.9. The summed E-state index contributed by atoms with van der Waals surface area (Å²) in [4.78, 5) is 22.2. The molecule has 2 saturated heterocycles. The maximum atomic E-state index is 12.9. The van der Waals surface area contributed by atoms with Crippen LogP contribution in [0.2, 0.25) is 0 Å². The third-order valence-electron chi connectivity index (χ3n) is 6.58. The van der Waals surface area contributed by atoms with Gasteiger partial charge in [-0.25, -0.2) is 4.98 Å². The van der Waals surface area contributed by atoms with Gasteiger partial charge in [-0.15, -0.1) is 0 Å². The van der Waals surface area contributed by atoms with Crippen LogP contribution in [0.1, 0.15) is 53.3 Å². The SMILES string of the molecule is CC(C)c1n[nH]c(C2CN(Cc3ccccc3)CC23CN(C(=O)c2cnn(C)c2)C3)n1. The highest BCUT2D eigenvalue weighted by atomic mass is 16.2. The van der Waals surface area contributed by atoms with Crippen molar-refractivity contribution in [3.05, 3.63) is 65.5 Å². The molecule has 1 amide bonds. The number of hydrogen-bond donors (Lipinski definition) is 1. The van der Waals surface area contributed by atoms with Gasteiger partial charge in [0.15, 0.2) is 5.82 Å². The summed E-state index contributed by atoms with van der Waals surface area (Å²) >= 11 is 0. The van der Waals surface area contributed by atoms with Crippen molar-refractivity contribution in [2.24, 2.45) is 12.5 Å². The summed E-state index contributed by atoms with van der Waals surface area (Å²) in [6.07, 6.45) is 3.43. The second kappa shape index (κ2) is 7.60. The minimum absolute atomic E-state index is 0.000429. The van der Waals surface area contributed by atoms with Crippen molar-refractivity contribution in [3.63, 3.8) is 0 Å². The number of aromatic amines is 1. The molecule has 1 aromatic carbocycles. The van der Waals surface area contributed by atoms with Crippen LogP contribution < -0.4 is 0 Å². The van der Waals surface area contributed by atoms with Gasteiger partial charge in [-0.05, 0) is 5.56 Å². The van der Waals surface area contributed by atoms with E-state index >= 15 is 0 Å². The van der Waals surface area contributed by atoms with Gasteiger partial charge in [0.05, 0.1) is 11.8 Å². The molecule has 1 atom stereocenters. The second-order valence-corrected chi connectivity index (χ2v) is 9.37. The highest BCUT2D eigenvalue weighted by molar-refractivity contribution is 5.94. The number of nitrogens with zero attached hydrogens (tertiary/aromatic N) is 6. The average molecular weight is 420 g/mol. The molecule has 1 N–H and O–H groups in total. The molecule has 5 rings (SSSR count). The van der Waals surface area contributed by atoms with Crippen LogP contribution in [0.3, 0.4) is 0 Å². The number of benzene rings is 1. The maximum Gasteiger partial charge on any atom is 0.257 e. The summed E-state index contributed by atoms with van der Waals surface area (Å²) in [5.41, 5.74) is 1.96. The van der Waals surface area contributed by atoms with Gasteiger partial charge in [0.25, 0.3) is 5.91 Å². The lowest BCUT2D eigenvalue weighted by Crippen LogP contribution is -2.61. The zero-order valence-corrected chi connectivity index (χ0v) is 18.3. The highest BCUT2D eigenvalue weighted by Gasteiger charge is 2.56. The number of amides is 1. The van der Waals surface area contributed by atoms with E-state index in [0.717, 1.165) is 44.4 Å². The number of H-pyrrole nitrogens is 1. The molecule has 2 aliphatic heterocycles. The fourth-order valence-corrected chi connectivity index (χ4v) is 5.00. The summed E-state index contributed by atoms with van der Waals surface area (Å²) in [5, 5.41) is 11.8. The van der Waals surface area contributed by atoms with Gasteiger partial charge in [0, 0.05) is 63.2 Å². The predicted molar refractivity (Wildman–Crippen MR) is 116 cm³/mol. The van der Waals surface area contributed by atoms with E-state index in [1.54, 1.807) is 17.1 Å². The lowest BCUT2D eigenvalue weighted by atomic mass is 9.71. The van der Waals surface area contributed by atoms with Crippen molar-refractivity contribution in [2.45, 2.75) is 32.2 Å². The molecule has 8 heteroatoms. The van der Waals surface area contributed by atoms with E-state index in [9.17, 15) is 4.79 Å². The fraction of sp³-hybridized carbons (Fsp3) is 0.478. The first-order valence-electron chi connectivity index (χ1n) is 10.9. The number of rotatable bonds is 5. The van der Waals surface area contributed by atoms with E-state index in [-0.39, 0.29) is 23.2 Å². The van der Waals surface area contributed by atoms with Crippen LogP contribution in [0.15, 0.2) is 42.7 Å². The van der Waals surface area contributed by atoms with E-state index in [1.807, 2.05) is 18.0 Å². The zero-order valence-electron chi connectivity index (χ0n) is 18.3.